The van der Waals surface area contributed by atoms with E-state index in [1.807, 2.05) is 60.7 Å². The Hall–Kier alpha value is -3.92. The molecule has 3 aromatic carbocycles. The molecule has 0 atom stereocenters. The Bertz CT molecular complexity index is 893. The fourth-order valence-electron chi connectivity index (χ4n) is 2.40. The van der Waals surface area contributed by atoms with E-state index < -0.39 is 5.97 Å². The summed E-state index contributed by atoms with van der Waals surface area (Å²) in [6.07, 6.45) is 6.28. The minimum atomic E-state index is -0.466. The van der Waals surface area contributed by atoms with Crippen molar-refractivity contribution < 1.29 is 14.3 Å². The zero-order valence-corrected chi connectivity index (χ0v) is 15.1. The summed E-state index contributed by atoms with van der Waals surface area (Å²) in [7, 11) is 0. The fourth-order valence-corrected chi connectivity index (χ4v) is 2.40. The molecular formula is C24H19NO3. The lowest BCUT2D eigenvalue weighted by molar-refractivity contribution is -0.128. The third kappa shape index (κ3) is 6.11. The molecule has 0 fully saturated rings. The van der Waals surface area contributed by atoms with Gasteiger partial charge < -0.3 is 10.1 Å². The van der Waals surface area contributed by atoms with E-state index in [4.69, 9.17) is 4.74 Å². The van der Waals surface area contributed by atoms with Crippen molar-refractivity contribution in [2.75, 3.05) is 5.32 Å². The molecule has 0 unspecified atom stereocenters. The minimum absolute atomic E-state index is 0.237. The van der Waals surface area contributed by atoms with Crippen molar-refractivity contribution in [3.63, 3.8) is 0 Å². The van der Waals surface area contributed by atoms with Gasteiger partial charge in [-0.3, -0.25) is 4.79 Å². The van der Waals surface area contributed by atoms with E-state index in [1.165, 1.54) is 12.2 Å². The SMILES string of the molecule is O=C(/C=C\c1ccccc1)Nc1ccc(OC(=O)/C=C\c2ccccc2)cc1. The van der Waals surface area contributed by atoms with Gasteiger partial charge in [0.1, 0.15) is 5.75 Å². The smallest absolute Gasteiger partial charge is 0.336 e. The molecular weight excluding hydrogens is 350 g/mol. The molecule has 0 saturated carbocycles. The average molecular weight is 369 g/mol. The monoisotopic (exact) mass is 369 g/mol. The van der Waals surface area contributed by atoms with Crippen molar-refractivity contribution in [3.05, 3.63) is 108 Å². The second-order valence-electron chi connectivity index (χ2n) is 5.92. The van der Waals surface area contributed by atoms with Gasteiger partial charge in [-0.15, -0.1) is 0 Å². The summed E-state index contributed by atoms with van der Waals surface area (Å²) in [5, 5.41) is 2.76. The van der Waals surface area contributed by atoms with Crippen molar-refractivity contribution in [3.8, 4) is 5.75 Å². The Kier molecular flexibility index (Phi) is 6.53. The Labute approximate surface area is 163 Å². The van der Waals surface area contributed by atoms with Crippen LogP contribution in [0.25, 0.3) is 12.2 Å². The molecule has 138 valence electrons. The van der Waals surface area contributed by atoms with Gasteiger partial charge in [-0.05, 0) is 47.5 Å². The molecule has 4 nitrogen and oxygen atoms in total. The van der Waals surface area contributed by atoms with E-state index in [9.17, 15) is 9.59 Å². The van der Waals surface area contributed by atoms with Crippen LogP contribution in [0.5, 0.6) is 5.75 Å². The summed E-state index contributed by atoms with van der Waals surface area (Å²) in [4.78, 5) is 23.9. The first-order chi connectivity index (χ1) is 13.7. The highest BCUT2D eigenvalue weighted by atomic mass is 16.5. The molecule has 0 aliphatic rings. The summed E-state index contributed by atoms with van der Waals surface area (Å²) >= 11 is 0. The van der Waals surface area contributed by atoms with Crippen LogP contribution in [0.4, 0.5) is 5.69 Å². The van der Waals surface area contributed by atoms with Crippen molar-refractivity contribution >= 4 is 29.7 Å². The van der Waals surface area contributed by atoms with Crippen LogP contribution >= 0.6 is 0 Å². The first-order valence-corrected chi connectivity index (χ1v) is 8.78. The van der Waals surface area contributed by atoms with E-state index in [-0.39, 0.29) is 5.91 Å². The molecule has 28 heavy (non-hydrogen) atoms. The Morgan fingerprint density at radius 2 is 1.21 bits per heavy atom. The zero-order chi connectivity index (χ0) is 19.6. The Morgan fingerprint density at radius 1 is 0.679 bits per heavy atom. The lowest BCUT2D eigenvalue weighted by Crippen LogP contribution is -2.08. The third-order valence-corrected chi connectivity index (χ3v) is 3.78. The van der Waals surface area contributed by atoms with Crippen molar-refractivity contribution in [1.82, 2.24) is 0 Å². The first kappa shape index (κ1) is 18.9. The molecule has 0 aliphatic heterocycles. The maximum absolute atomic E-state index is 12.0. The van der Waals surface area contributed by atoms with E-state index in [2.05, 4.69) is 5.32 Å². The summed E-state index contributed by atoms with van der Waals surface area (Å²) < 4.78 is 5.25. The second kappa shape index (κ2) is 9.69. The summed E-state index contributed by atoms with van der Waals surface area (Å²) in [6.45, 7) is 0. The van der Waals surface area contributed by atoms with Gasteiger partial charge in [-0.2, -0.15) is 0 Å². The molecule has 3 aromatic rings. The molecule has 3 rings (SSSR count). The van der Waals surface area contributed by atoms with Crippen LogP contribution in [0, 0.1) is 0 Å². The quantitative estimate of drug-likeness (QED) is 0.380. The fraction of sp³-hybridized carbons (Fsp3) is 0. The van der Waals surface area contributed by atoms with E-state index in [1.54, 1.807) is 36.4 Å². The average Bonchev–Trinajstić information content (AvgIpc) is 2.74. The van der Waals surface area contributed by atoms with Gasteiger partial charge in [-0.25, -0.2) is 4.79 Å². The lowest BCUT2D eigenvalue weighted by Gasteiger charge is -2.05. The van der Waals surface area contributed by atoms with Gasteiger partial charge >= 0.3 is 5.97 Å². The lowest BCUT2D eigenvalue weighted by atomic mass is 10.2. The van der Waals surface area contributed by atoms with Crippen LogP contribution in [0.15, 0.2) is 97.1 Å². The number of hydrogen-bond acceptors (Lipinski definition) is 3. The number of carbonyl (C=O) groups excluding carboxylic acids is 2. The number of amides is 1. The minimum Gasteiger partial charge on any atom is -0.423 e. The van der Waals surface area contributed by atoms with Crippen LogP contribution in [0.2, 0.25) is 0 Å². The number of ether oxygens (including phenoxy) is 1. The molecule has 1 N–H and O–H groups in total. The molecule has 0 aromatic heterocycles. The van der Waals surface area contributed by atoms with Gasteiger partial charge in [0, 0.05) is 17.8 Å². The normalized spacial score (nSPS) is 10.9. The van der Waals surface area contributed by atoms with Crippen LogP contribution in [-0.4, -0.2) is 11.9 Å². The largest absolute Gasteiger partial charge is 0.423 e. The van der Waals surface area contributed by atoms with Crippen molar-refractivity contribution in [1.29, 1.82) is 0 Å². The summed E-state index contributed by atoms with van der Waals surface area (Å²) in [5.74, 6) is -0.300. The van der Waals surface area contributed by atoms with Crippen LogP contribution in [0.3, 0.4) is 0 Å². The van der Waals surface area contributed by atoms with Crippen molar-refractivity contribution in [2.45, 2.75) is 0 Å². The van der Waals surface area contributed by atoms with Crippen LogP contribution in [0.1, 0.15) is 11.1 Å². The molecule has 0 bridgehead atoms. The summed E-state index contributed by atoms with van der Waals surface area (Å²) in [6, 6.07) is 25.7. The van der Waals surface area contributed by atoms with Gasteiger partial charge in [0.2, 0.25) is 5.91 Å². The molecule has 0 saturated heterocycles. The number of benzene rings is 3. The van der Waals surface area contributed by atoms with E-state index in [0.29, 0.717) is 11.4 Å². The number of carbonyl (C=O) groups is 2. The predicted octanol–water partition coefficient (Wildman–Crippen LogP) is 4.96. The molecule has 1 amide bonds. The van der Waals surface area contributed by atoms with E-state index >= 15 is 0 Å². The molecule has 0 spiro atoms. The Morgan fingerprint density at radius 3 is 1.79 bits per heavy atom. The standard InChI is InChI=1S/C24H19NO3/c26-23(17-11-19-7-3-1-4-8-19)25-21-13-15-22(16-14-21)28-24(27)18-12-20-9-5-2-6-10-20/h1-18H,(H,25,26)/b17-11-,18-12-. The second-order valence-corrected chi connectivity index (χ2v) is 5.92. The van der Waals surface area contributed by atoms with E-state index in [0.717, 1.165) is 11.1 Å². The molecule has 0 radical (unpaired) electrons. The maximum atomic E-state index is 12.0. The molecule has 0 heterocycles. The number of esters is 1. The van der Waals surface area contributed by atoms with Gasteiger partial charge in [-0.1, -0.05) is 60.7 Å². The Balaban J connectivity index is 1.51. The molecule has 0 aliphatic carbocycles. The number of hydrogen-bond donors (Lipinski definition) is 1. The van der Waals surface area contributed by atoms with Gasteiger partial charge in [0.05, 0.1) is 0 Å². The van der Waals surface area contributed by atoms with Crippen LogP contribution in [-0.2, 0) is 9.59 Å². The number of anilines is 1. The highest BCUT2D eigenvalue weighted by Gasteiger charge is 2.02. The molecule has 4 heteroatoms. The maximum Gasteiger partial charge on any atom is 0.336 e. The highest BCUT2D eigenvalue weighted by molar-refractivity contribution is 6.02. The number of nitrogens with one attached hydrogen (secondary N) is 1. The predicted molar refractivity (Wildman–Crippen MR) is 112 cm³/mol. The first-order valence-electron chi connectivity index (χ1n) is 8.78. The summed E-state index contributed by atoms with van der Waals surface area (Å²) in [5.41, 5.74) is 2.48. The van der Waals surface area contributed by atoms with Gasteiger partial charge in [0.25, 0.3) is 0 Å². The highest BCUT2D eigenvalue weighted by Crippen LogP contribution is 2.16. The zero-order valence-electron chi connectivity index (χ0n) is 15.1. The number of rotatable bonds is 6. The van der Waals surface area contributed by atoms with Crippen molar-refractivity contribution in [2.24, 2.45) is 0 Å². The third-order valence-electron chi connectivity index (χ3n) is 3.78. The topological polar surface area (TPSA) is 55.4 Å². The van der Waals surface area contributed by atoms with Gasteiger partial charge in [0.15, 0.2) is 0 Å². The van der Waals surface area contributed by atoms with Crippen LogP contribution < -0.4 is 10.1 Å².